The fourth-order valence-corrected chi connectivity index (χ4v) is 4.63. The first-order valence-electron chi connectivity index (χ1n) is 9.84. The van der Waals surface area contributed by atoms with Gasteiger partial charge < -0.3 is 4.90 Å². The number of hydrogen-bond donors (Lipinski definition) is 1. The maximum atomic E-state index is 12.7. The maximum absolute atomic E-state index is 12.7. The number of aryl methyl sites for hydroxylation is 1. The van der Waals surface area contributed by atoms with Gasteiger partial charge in [-0.3, -0.25) is 14.8 Å². The van der Waals surface area contributed by atoms with E-state index >= 15 is 0 Å². The average Bonchev–Trinajstić information content (AvgIpc) is 3.31. The zero-order chi connectivity index (χ0) is 19.8. The van der Waals surface area contributed by atoms with Crippen LogP contribution in [-0.2, 0) is 6.54 Å². The monoisotopic (exact) mass is 389 g/mol. The zero-order valence-electron chi connectivity index (χ0n) is 16.3. The van der Waals surface area contributed by atoms with Crippen LogP contribution in [0.4, 0.5) is 0 Å². The zero-order valence-corrected chi connectivity index (χ0v) is 16.3. The predicted octanol–water partition coefficient (Wildman–Crippen LogP) is 1.64. The fraction of sp³-hybridized carbons (Fsp3) is 0.381. The van der Waals surface area contributed by atoms with E-state index in [2.05, 4.69) is 54.3 Å². The first kappa shape index (κ1) is 17.9. The molecule has 2 aliphatic rings. The summed E-state index contributed by atoms with van der Waals surface area (Å²) in [6.45, 7) is 5.96. The van der Waals surface area contributed by atoms with E-state index in [1.165, 1.54) is 5.56 Å². The Labute approximate surface area is 169 Å². The summed E-state index contributed by atoms with van der Waals surface area (Å²) in [5.41, 5.74) is 1.26. The molecule has 2 aromatic heterocycles. The molecule has 8 nitrogen and oxygen atoms in total. The Balaban J connectivity index is 1.36. The van der Waals surface area contributed by atoms with E-state index in [4.69, 9.17) is 0 Å². The van der Waals surface area contributed by atoms with Crippen molar-refractivity contribution in [1.82, 2.24) is 34.9 Å². The van der Waals surface area contributed by atoms with Crippen LogP contribution in [0.25, 0.3) is 0 Å². The number of H-pyrrole nitrogens is 1. The van der Waals surface area contributed by atoms with Crippen molar-refractivity contribution in [3.63, 3.8) is 0 Å². The molecule has 2 fully saturated rings. The van der Waals surface area contributed by atoms with Crippen LogP contribution in [0.5, 0.6) is 0 Å². The van der Waals surface area contributed by atoms with Gasteiger partial charge in [-0.15, -0.1) is 0 Å². The third-order valence-corrected chi connectivity index (χ3v) is 5.95. The SMILES string of the molecule is Cc1nc(C2CN(Cc3ccccc3)CC23CN(C(=O)c2ncccn2)C3)n[nH]1. The Morgan fingerprint density at radius 1 is 1.14 bits per heavy atom. The topological polar surface area (TPSA) is 90.9 Å². The molecule has 148 valence electrons. The number of hydrogen-bond acceptors (Lipinski definition) is 6. The van der Waals surface area contributed by atoms with Gasteiger partial charge in [-0.25, -0.2) is 15.0 Å². The van der Waals surface area contributed by atoms with Gasteiger partial charge in [0.05, 0.1) is 0 Å². The van der Waals surface area contributed by atoms with E-state index in [1.807, 2.05) is 17.9 Å². The van der Waals surface area contributed by atoms with Crippen molar-refractivity contribution >= 4 is 5.91 Å². The third kappa shape index (κ3) is 3.29. The van der Waals surface area contributed by atoms with Gasteiger partial charge in [-0.05, 0) is 18.6 Å². The molecule has 3 aromatic rings. The quantitative estimate of drug-likeness (QED) is 0.730. The van der Waals surface area contributed by atoms with Crippen LogP contribution < -0.4 is 0 Å². The molecule has 29 heavy (non-hydrogen) atoms. The standard InChI is InChI=1S/C21H23N7O/c1-15-24-18(26-25-15)17-11-27(10-16-6-3-2-4-7-16)12-21(17)13-28(14-21)20(29)19-22-8-5-9-23-19/h2-9,17H,10-14H2,1H3,(H,24,25,26). The summed E-state index contributed by atoms with van der Waals surface area (Å²) in [6, 6.07) is 12.2. The molecule has 0 aliphatic carbocycles. The van der Waals surface area contributed by atoms with Gasteiger partial charge in [0, 0.05) is 56.5 Å². The lowest BCUT2D eigenvalue weighted by atomic mass is 9.71. The minimum absolute atomic E-state index is 0.0339. The normalized spacial score (nSPS) is 20.7. The molecule has 8 heteroatoms. The Morgan fingerprint density at radius 3 is 2.59 bits per heavy atom. The van der Waals surface area contributed by atoms with Crippen LogP contribution in [0.3, 0.4) is 0 Å². The second-order valence-electron chi connectivity index (χ2n) is 8.08. The molecule has 1 aromatic carbocycles. The van der Waals surface area contributed by atoms with Gasteiger partial charge >= 0.3 is 0 Å². The van der Waals surface area contributed by atoms with E-state index in [1.54, 1.807) is 18.5 Å². The summed E-state index contributed by atoms with van der Waals surface area (Å²) in [7, 11) is 0. The summed E-state index contributed by atoms with van der Waals surface area (Å²) in [6.07, 6.45) is 3.21. The number of benzene rings is 1. The number of nitrogens with zero attached hydrogens (tertiary/aromatic N) is 6. The summed E-state index contributed by atoms with van der Waals surface area (Å²) >= 11 is 0. The van der Waals surface area contributed by atoms with Gasteiger partial charge in [0.25, 0.3) is 5.91 Å². The lowest BCUT2D eigenvalue weighted by molar-refractivity contribution is 0.000891. The maximum Gasteiger partial charge on any atom is 0.291 e. The van der Waals surface area contributed by atoms with Gasteiger partial charge in [-0.1, -0.05) is 30.3 Å². The molecule has 5 rings (SSSR count). The number of aromatic nitrogens is 5. The summed E-state index contributed by atoms with van der Waals surface area (Å²) in [4.78, 5) is 29.9. The molecule has 1 amide bonds. The molecule has 4 heterocycles. The van der Waals surface area contributed by atoms with Crippen molar-refractivity contribution in [3.05, 3.63) is 71.8 Å². The lowest BCUT2D eigenvalue weighted by Gasteiger charge is -2.50. The van der Waals surface area contributed by atoms with Gasteiger partial charge in [-0.2, -0.15) is 5.10 Å². The molecular weight excluding hydrogens is 366 g/mol. The minimum Gasteiger partial charge on any atom is -0.335 e. The second-order valence-corrected chi connectivity index (χ2v) is 8.08. The van der Waals surface area contributed by atoms with Crippen LogP contribution in [0.15, 0.2) is 48.8 Å². The summed E-state index contributed by atoms with van der Waals surface area (Å²) in [5.74, 6) is 2.01. The second kappa shape index (κ2) is 7.04. The van der Waals surface area contributed by atoms with Crippen LogP contribution >= 0.6 is 0 Å². The van der Waals surface area contributed by atoms with Crippen LogP contribution in [-0.4, -0.2) is 67.0 Å². The van der Waals surface area contributed by atoms with Gasteiger partial charge in [0.15, 0.2) is 5.82 Å². The van der Waals surface area contributed by atoms with Crippen LogP contribution in [0.1, 0.15) is 33.7 Å². The number of rotatable bonds is 4. The first-order valence-corrected chi connectivity index (χ1v) is 9.84. The highest BCUT2D eigenvalue weighted by atomic mass is 16.2. The van der Waals surface area contributed by atoms with Gasteiger partial charge in [0.1, 0.15) is 5.82 Å². The minimum atomic E-state index is -0.109. The van der Waals surface area contributed by atoms with Crippen molar-refractivity contribution in [2.24, 2.45) is 5.41 Å². The van der Waals surface area contributed by atoms with E-state index in [9.17, 15) is 4.79 Å². The highest BCUT2D eigenvalue weighted by molar-refractivity contribution is 5.91. The molecule has 0 radical (unpaired) electrons. The Kier molecular flexibility index (Phi) is 4.35. The predicted molar refractivity (Wildman–Crippen MR) is 106 cm³/mol. The largest absolute Gasteiger partial charge is 0.335 e. The Morgan fingerprint density at radius 2 is 1.90 bits per heavy atom. The van der Waals surface area contributed by atoms with Crippen molar-refractivity contribution in [3.8, 4) is 0 Å². The number of amides is 1. The Bertz CT molecular complexity index is 998. The van der Waals surface area contributed by atoms with Crippen LogP contribution in [0.2, 0.25) is 0 Å². The number of nitrogens with one attached hydrogen (secondary N) is 1. The number of carbonyl (C=O) groups is 1. The van der Waals surface area contributed by atoms with E-state index < -0.39 is 0 Å². The molecule has 1 atom stereocenters. The van der Waals surface area contributed by atoms with E-state index in [-0.39, 0.29) is 23.1 Å². The lowest BCUT2D eigenvalue weighted by Crippen LogP contribution is -2.61. The first-order chi connectivity index (χ1) is 14.1. The smallest absolute Gasteiger partial charge is 0.291 e. The molecule has 2 aliphatic heterocycles. The number of aromatic amines is 1. The van der Waals surface area contributed by atoms with E-state index in [0.29, 0.717) is 13.1 Å². The van der Waals surface area contributed by atoms with Crippen molar-refractivity contribution in [2.75, 3.05) is 26.2 Å². The number of likely N-dealkylation sites (tertiary alicyclic amines) is 2. The molecule has 2 saturated heterocycles. The fourth-order valence-electron chi connectivity index (χ4n) is 4.63. The molecule has 0 saturated carbocycles. The highest BCUT2D eigenvalue weighted by Gasteiger charge is 2.57. The molecular formula is C21H23N7O. The molecule has 1 spiro atoms. The average molecular weight is 389 g/mol. The van der Waals surface area contributed by atoms with Crippen molar-refractivity contribution in [2.45, 2.75) is 19.4 Å². The molecule has 0 bridgehead atoms. The van der Waals surface area contributed by atoms with Gasteiger partial charge in [0.2, 0.25) is 5.82 Å². The summed E-state index contributed by atoms with van der Waals surface area (Å²) < 4.78 is 0. The number of carbonyl (C=O) groups excluding carboxylic acids is 1. The van der Waals surface area contributed by atoms with E-state index in [0.717, 1.165) is 31.3 Å². The molecule has 1 unspecified atom stereocenters. The summed E-state index contributed by atoms with van der Waals surface area (Å²) in [5, 5.41) is 7.43. The third-order valence-electron chi connectivity index (χ3n) is 5.95. The highest BCUT2D eigenvalue weighted by Crippen LogP contribution is 2.48. The van der Waals surface area contributed by atoms with Crippen LogP contribution in [0, 0.1) is 12.3 Å². The van der Waals surface area contributed by atoms with Crippen molar-refractivity contribution < 1.29 is 4.79 Å². The Hall–Kier alpha value is -3.13. The molecule has 1 N–H and O–H groups in total. The van der Waals surface area contributed by atoms with Crippen molar-refractivity contribution in [1.29, 1.82) is 0 Å².